The summed E-state index contributed by atoms with van der Waals surface area (Å²) in [6, 6.07) is 11.1. The molecule has 0 aliphatic carbocycles. The highest BCUT2D eigenvalue weighted by atomic mass is 32.2. The van der Waals surface area contributed by atoms with Gasteiger partial charge in [0.15, 0.2) is 5.82 Å². The van der Waals surface area contributed by atoms with Gasteiger partial charge in [-0.2, -0.15) is 16.7 Å². The lowest BCUT2D eigenvalue weighted by Crippen LogP contribution is -2.39. The predicted octanol–water partition coefficient (Wildman–Crippen LogP) is 2.94. The maximum atomic E-state index is 5.42. The van der Waals surface area contributed by atoms with Crippen molar-refractivity contribution in [1.29, 1.82) is 0 Å². The second-order valence-corrected chi connectivity index (χ2v) is 7.23. The summed E-state index contributed by atoms with van der Waals surface area (Å²) in [6.07, 6.45) is 0.689. The third-order valence-corrected chi connectivity index (χ3v) is 5.32. The summed E-state index contributed by atoms with van der Waals surface area (Å²) in [5, 5.41) is 4.58. The van der Waals surface area contributed by atoms with E-state index in [0.717, 1.165) is 18.1 Å². The van der Waals surface area contributed by atoms with Crippen molar-refractivity contribution in [2.45, 2.75) is 31.2 Å². The normalized spacial score (nSPS) is 22.3. The summed E-state index contributed by atoms with van der Waals surface area (Å²) in [6.45, 7) is 4.64. The zero-order valence-electron chi connectivity index (χ0n) is 13.6. The molecular weight excluding hydrogens is 310 g/mol. The van der Waals surface area contributed by atoms with E-state index in [1.54, 1.807) is 7.11 Å². The fraction of sp³-hybridized carbons (Fsp3) is 0.529. The molecule has 0 N–H and O–H groups in total. The Morgan fingerprint density at radius 2 is 2.17 bits per heavy atom. The number of hydrogen-bond acceptors (Lipinski definition) is 6. The Kier molecular flexibility index (Phi) is 5.70. The topological polar surface area (TPSA) is 51.4 Å². The first-order valence-electron chi connectivity index (χ1n) is 7.99. The van der Waals surface area contributed by atoms with E-state index < -0.39 is 0 Å². The number of rotatable bonds is 6. The summed E-state index contributed by atoms with van der Waals surface area (Å²) in [5.74, 6) is 2.54. The molecule has 0 radical (unpaired) electrons. The van der Waals surface area contributed by atoms with Crippen LogP contribution < -0.4 is 0 Å². The zero-order chi connectivity index (χ0) is 16.1. The van der Waals surface area contributed by atoms with Gasteiger partial charge in [-0.15, -0.1) is 0 Å². The van der Waals surface area contributed by atoms with Crippen molar-refractivity contribution in [1.82, 2.24) is 15.0 Å². The van der Waals surface area contributed by atoms with E-state index in [9.17, 15) is 0 Å². The van der Waals surface area contributed by atoms with Gasteiger partial charge in [-0.05, 0) is 5.56 Å². The van der Waals surface area contributed by atoms with Crippen LogP contribution in [0.25, 0.3) is 0 Å². The summed E-state index contributed by atoms with van der Waals surface area (Å²) in [4.78, 5) is 6.94. The van der Waals surface area contributed by atoms with E-state index in [-0.39, 0.29) is 0 Å². The van der Waals surface area contributed by atoms with Crippen LogP contribution in [0, 0.1) is 0 Å². The standard InChI is InChI=1S/C17H23N3O2S/c1-13-17(14-6-4-3-5-7-14)20(9-11-23-13)12-16-18-15(19-22-16)8-10-21-2/h3-7,13,17H,8-12H2,1-2H3/t13-,17-/m0/s1. The van der Waals surface area contributed by atoms with Gasteiger partial charge in [0.25, 0.3) is 0 Å². The quantitative estimate of drug-likeness (QED) is 0.810. The smallest absolute Gasteiger partial charge is 0.240 e. The lowest BCUT2D eigenvalue weighted by molar-refractivity contribution is 0.167. The van der Waals surface area contributed by atoms with Crippen LogP contribution in [0.1, 0.15) is 30.2 Å². The van der Waals surface area contributed by atoms with Crippen molar-refractivity contribution < 1.29 is 9.26 Å². The molecule has 2 aromatic rings. The van der Waals surface area contributed by atoms with Crippen LogP contribution in [0.15, 0.2) is 34.9 Å². The fourth-order valence-electron chi connectivity index (χ4n) is 3.02. The van der Waals surface area contributed by atoms with Crippen molar-refractivity contribution >= 4 is 11.8 Å². The molecule has 2 atom stereocenters. The molecule has 1 fully saturated rings. The second-order valence-electron chi connectivity index (χ2n) is 5.75. The highest BCUT2D eigenvalue weighted by Crippen LogP contribution is 2.36. The molecule has 23 heavy (non-hydrogen) atoms. The molecule has 1 saturated heterocycles. The van der Waals surface area contributed by atoms with Crippen molar-refractivity contribution in [2.24, 2.45) is 0 Å². The zero-order valence-corrected chi connectivity index (χ0v) is 14.5. The largest absolute Gasteiger partial charge is 0.384 e. The van der Waals surface area contributed by atoms with E-state index in [1.165, 1.54) is 5.56 Å². The SMILES string of the molecule is COCCc1noc(CN2CCS[C@@H](C)[C@H]2c2ccccc2)n1. The number of thioether (sulfide) groups is 1. The monoisotopic (exact) mass is 333 g/mol. The molecular formula is C17H23N3O2S. The van der Waals surface area contributed by atoms with E-state index in [1.807, 2.05) is 11.8 Å². The maximum Gasteiger partial charge on any atom is 0.240 e. The molecule has 0 bridgehead atoms. The van der Waals surface area contributed by atoms with Gasteiger partial charge in [-0.3, -0.25) is 4.90 Å². The van der Waals surface area contributed by atoms with Gasteiger partial charge in [-0.25, -0.2) is 0 Å². The summed E-state index contributed by atoms with van der Waals surface area (Å²) in [5.41, 5.74) is 1.35. The minimum atomic E-state index is 0.379. The van der Waals surface area contributed by atoms with Gasteiger partial charge in [0.1, 0.15) is 0 Å². The molecule has 124 valence electrons. The van der Waals surface area contributed by atoms with Crippen LogP contribution in [-0.2, 0) is 17.7 Å². The molecule has 0 saturated carbocycles. The molecule has 1 aliphatic rings. The van der Waals surface area contributed by atoms with Gasteiger partial charge >= 0.3 is 0 Å². The molecule has 5 nitrogen and oxygen atoms in total. The van der Waals surface area contributed by atoms with Gasteiger partial charge in [0.2, 0.25) is 5.89 Å². The average molecular weight is 333 g/mol. The van der Waals surface area contributed by atoms with Crippen LogP contribution in [-0.4, -0.2) is 46.3 Å². The first kappa shape index (κ1) is 16.5. The Hall–Kier alpha value is -1.37. The summed E-state index contributed by atoms with van der Waals surface area (Å²) < 4.78 is 10.5. The van der Waals surface area contributed by atoms with E-state index >= 15 is 0 Å². The Morgan fingerprint density at radius 1 is 1.35 bits per heavy atom. The van der Waals surface area contributed by atoms with Crippen molar-refractivity contribution in [2.75, 3.05) is 26.0 Å². The van der Waals surface area contributed by atoms with Crippen LogP contribution >= 0.6 is 11.8 Å². The predicted molar refractivity (Wildman–Crippen MR) is 91.4 cm³/mol. The highest BCUT2D eigenvalue weighted by Gasteiger charge is 2.31. The van der Waals surface area contributed by atoms with Gasteiger partial charge in [0.05, 0.1) is 13.2 Å². The average Bonchev–Trinajstić information content (AvgIpc) is 3.01. The molecule has 3 rings (SSSR count). The molecule has 0 unspecified atom stereocenters. The Bertz CT molecular complexity index is 605. The molecule has 1 aromatic carbocycles. The fourth-order valence-corrected chi connectivity index (χ4v) is 4.24. The first-order valence-corrected chi connectivity index (χ1v) is 9.04. The van der Waals surface area contributed by atoms with Gasteiger partial charge in [-0.1, -0.05) is 42.4 Å². The Morgan fingerprint density at radius 3 is 2.96 bits per heavy atom. The summed E-state index contributed by atoms with van der Waals surface area (Å²) in [7, 11) is 1.68. The molecule has 0 spiro atoms. The lowest BCUT2D eigenvalue weighted by Gasteiger charge is -2.39. The van der Waals surface area contributed by atoms with Crippen molar-refractivity contribution in [3.05, 3.63) is 47.6 Å². The number of benzene rings is 1. The van der Waals surface area contributed by atoms with E-state index in [0.29, 0.717) is 36.8 Å². The molecule has 0 amide bonds. The van der Waals surface area contributed by atoms with Crippen LogP contribution in [0.3, 0.4) is 0 Å². The number of nitrogens with zero attached hydrogens (tertiary/aromatic N) is 3. The van der Waals surface area contributed by atoms with Crippen LogP contribution in [0.5, 0.6) is 0 Å². The number of aromatic nitrogens is 2. The number of methoxy groups -OCH3 is 1. The minimum Gasteiger partial charge on any atom is -0.384 e. The van der Waals surface area contributed by atoms with E-state index in [4.69, 9.17) is 9.26 Å². The van der Waals surface area contributed by atoms with Crippen LogP contribution in [0.2, 0.25) is 0 Å². The lowest BCUT2D eigenvalue weighted by atomic mass is 10.0. The number of hydrogen-bond donors (Lipinski definition) is 0. The minimum absolute atomic E-state index is 0.379. The Labute approximate surface area is 141 Å². The van der Waals surface area contributed by atoms with Gasteiger partial charge in [0, 0.05) is 37.1 Å². The van der Waals surface area contributed by atoms with Gasteiger partial charge < -0.3 is 9.26 Å². The second kappa shape index (κ2) is 7.95. The highest BCUT2D eigenvalue weighted by molar-refractivity contribution is 8.00. The first-order chi connectivity index (χ1) is 11.3. The van der Waals surface area contributed by atoms with Crippen molar-refractivity contribution in [3.63, 3.8) is 0 Å². The van der Waals surface area contributed by atoms with E-state index in [2.05, 4.69) is 52.3 Å². The van der Waals surface area contributed by atoms with Crippen LogP contribution in [0.4, 0.5) is 0 Å². The number of ether oxygens (including phenoxy) is 1. The molecule has 1 aromatic heterocycles. The summed E-state index contributed by atoms with van der Waals surface area (Å²) >= 11 is 2.03. The maximum absolute atomic E-state index is 5.42. The Balaban J connectivity index is 1.72. The molecule has 1 aliphatic heterocycles. The third kappa shape index (κ3) is 4.13. The molecule has 6 heteroatoms. The third-order valence-electron chi connectivity index (χ3n) is 4.12. The van der Waals surface area contributed by atoms with Crippen molar-refractivity contribution in [3.8, 4) is 0 Å². The molecule has 2 heterocycles.